The molecule has 0 radical (unpaired) electrons. The van der Waals surface area contributed by atoms with Crippen LogP contribution in [-0.4, -0.2) is 65.6 Å². The molecule has 0 bridgehead atoms. The largest absolute Gasteiger partial charge is 0.460 e. The van der Waals surface area contributed by atoms with E-state index in [-0.39, 0.29) is 0 Å². The van der Waals surface area contributed by atoms with Gasteiger partial charge in [0.2, 0.25) is 3.79 Å². The molecule has 0 unspecified atom stereocenters. The van der Waals surface area contributed by atoms with Crippen LogP contribution in [0.1, 0.15) is 6.42 Å². The first-order valence-electron chi connectivity index (χ1n) is 7.42. The number of halogens is 16. The lowest BCUT2D eigenvalue weighted by Gasteiger charge is -2.39. The van der Waals surface area contributed by atoms with Gasteiger partial charge >= 0.3 is 46.1 Å². The molecular weight excluding hydrogens is 628 g/mol. The maximum atomic E-state index is 13.5. The number of carbonyl (C=O) groups excluding carboxylic acids is 1. The van der Waals surface area contributed by atoms with Crippen molar-refractivity contribution in [3.8, 4) is 0 Å². The zero-order valence-corrected chi connectivity index (χ0v) is 19.0. The van der Waals surface area contributed by atoms with Crippen LogP contribution in [0.5, 0.6) is 0 Å². The van der Waals surface area contributed by atoms with Crippen molar-refractivity contribution in [1.82, 2.24) is 4.72 Å². The minimum Gasteiger partial charge on any atom is -0.261 e. The molecule has 0 fully saturated rings. The Hall–Kier alpha value is -0.310. The number of alkyl halides is 16. The fraction of sp³-hybridized carbons (Fsp3) is 0.909. The van der Waals surface area contributed by atoms with Crippen LogP contribution in [0.2, 0.25) is 0 Å². The highest BCUT2D eigenvalue weighted by Gasteiger charge is 2.90. The molecule has 0 heterocycles. The number of amides is 1. The van der Waals surface area contributed by atoms with Crippen LogP contribution in [0.15, 0.2) is 0 Å². The number of thioether (sulfide) groups is 1. The molecule has 0 aliphatic heterocycles. The van der Waals surface area contributed by atoms with Gasteiger partial charge in [-0.25, -0.2) is 8.91 Å². The van der Waals surface area contributed by atoms with Crippen molar-refractivity contribution in [3.05, 3.63) is 0 Å². The summed E-state index contributed by atoms with van der Waals surface area (Å²) in [7, 11) is -5.10. The van der Waals surface area contributed by atoms with Crippen LogP contribution >= 0.6 is 46.6 Å². The van der Waals surface area contributed by atoms with Crippen LogP contribution in [0.4, 0.5) is 61.9 Å². The van der Waals surface area contributed by atoms with Gasteiger partial charge in [-0.3, -0.25) is 4.79 Å². The lowest BCUT2D eigenvalue weighted by molar-refractivity contribution is -0.439. The Morgan fingerprint density at radius 1 is 0.765 bits per heavy atom. The highest BCUT2D eigenvalue weighted by atomic mass is 35.6. The molecule has 1 N–H and O–H groups in total. The summed E-state index contributed by atoms with van der Waals surface area (Å²) in [5.41, 5.74) is 0. The Labute approximate surface area is 199 Å². The normalized spacial score (nSPS) is 15.4. The van der Waals surface area contributed by atoms with Crippen molar-refractivity contribution >= 4 is 62.1 Å². The van der Waals surface area contributed by atoms with Crippen LogP contribution in [-0.2, 0) is 14.5 Å². The molecule has 0 aliphatic carbocycles. The zero-order valence-electron chi connectivity index (χ0n) is 15.1. The summed E-state index contributed by atoms with van der Waals surface area (Å²) in [4.78, 5) is 11.3. The molecule has 0 aromatic heterocycles. The molecular formula is C11H7Cl3F13NO4S2. The summed E-state index contributed by atoms with van der Waals surface area (Å²) in [6.45, 7) is -1.21. The standard InChI is InChI=1S/C11H7Cl3F13NO4S2/c12-6(13,14)3-32-34(30,31)28-4(29)33-2-1-5(15,16)7(17,18)8(19,20)9(21,22)10(23,24)11(25,26)27/h1-3H2,(H,28,29). The number of carbonyl (C=O) groups is 1. The summed E-state index contributed by atoms with van der Waals surface area (Å²) in [5, 5.41) is -1.91. The molecule has 0 aromatic carbocycles. The smallest absolute Gasteiger partial charge is 0.261 e. The highest BCUT2D eigenvalue weighted by molar-refractivity contribution is 8.14. The van der Waals surface area contributed by atoms with Crippen LogP contribution in [0.25, 0.3) is 0 Å². The van der Waals surface area contributed by atoms with Crippen LogP contribution < -0.4 is 4.72 Å². The number of hydrogen-bond acceptors (Lipinski definition) is 5. The van der Waals surface area contributed by atoms with Gasteiger partial charge in [0.05, 0.1) is 0 Å². The third-order valence-corrected chi connectivity index (χ3v) is 5.33. The van der Waals surface area contributed by atoms with E-state index < -0.39 is 85.7 Å². The summed E-state index contributed by atoms with van der Waals surface area (Å²) < 4.78 is 193. The Morgan fingerprint density at radius 3 is 1.56 bits per heavy atom. The Balaban J connectivity index is 5.45. The first-order valence-corrected chi connectivity index (χ1v) is 10.9. The topological polar surface area (TPSA) is 72.5 Å². The molecule has 0 rings (SSSR count). The Kier molecular flexibility index (Phi) is 10.1. The third-order valence-electron chi connectivity index (χ3n) is 3.23. The number of rotatable bonds is 10. The second-order valence-corrected chi connectivity index (χ2v) is 10.8. The maximum Gasteiger partial charge on any atom is 0.460 e. The highest BCUT2D eigenvalue weighted by Crippen LogP contribution is 2.60. The molecule has 204 valence electrons. The van der Waals surface area contributed by atoms with Gasteiger partial charge in [-0.2, -0.15) is 65.5 Å². The predicted molar refractivity (Wildman–Crippen MR) is 91.6 cm³/mol. The van der Waals surface area contributed by atoms with Gasteiger partial charge in [-0.1, -0.05) is 46.6 Å². The summed E-state index contributed by atoms with van der Waals surface area (Å²) in [6, 6.07) is 0. The Morgan fingerprint density at radius 2 is 1.18 bits per heavy atom. The van der Waals surface area contributed by atoms with Gasteiger partial charge in [-0.15, -0.1) is 0 Å². The van der Waals surface area contributed by atoms with Crippen molar-refractivity contribution in [2.45, 2.75) is 46.0 Å². The van der Waals surface area contributed by atoms with E-state index in [0.29, 0.717) is 0 Å². The minimum atomic E-state index is -8.05. The van der Waals surface area contributed by atoms with E-state index in [1.54, 1.807) is 0 Å². The lowest BCUT2D eigenvalue weighted by atomic mass is 9.93. The monoisotopic (exact) mass is 633 g/mol. The van der Waals surface area contributed by atoms with Gasteiger partial charge in [0.1, 0.15) is 6.61 Å². The summed E-state index contributed by atoms with van der Waals surface area (Å²) >= 11 is 14.7. The fourth-order valence-electron chi connectivity index (χ4n) is 1.54. The SMILES string of the molecule is O=C(NS(=O)(=O)OCC(Cl)(Cl)Cl)SCCC(F)(F)C(F)(F)C(F)(F)C(F)(F)C(F)(F)C(F)(F)F. The molecule has 0 spiro atoms. The first kappa shape index (κ1) is 33.7. The average Bonchev–Trinajstić information content (AvgIpc) is 2.57. The Bertz CT molecular complexity index is 846. The molecule has 1 amide bonds. The fourth-order valence-corrected chi connectivity index (χ4v) is 3.57. The first-order chi connectivity index (χ1) is 14.6. The van der Waals surface area contributed by atoms with E-state index >= 15 is 0 Å². The minimum absolute atomic E-state index is 0.674. The van der Waals surface area contributed by atoms with E-state index in [2.05, 4.69) is 4.18 Å². The van der Waals surface area contributed by atoms with Crippen molar-refractivity contribution < 1.29 is 74.5 Å². The zero-order chi connectivity index (χ0) is 27.8. The number of hydrogen-bond donors (Lipinski definition) is 1. The van der Waals surface area contributed by atoms with E-state index in [1.165, 1.54) is 0 Å². The molecule has 0 aliphatic rings. The molecule has 5 nitrogen and oxygen atoms in total. The van der Waals surface area contributed by atoms with Gasteiger partial charge in [0, 0.05) is 12.2 Å². The van der Waals surface area contributed by atoms with Gasteiger partial charge in [0.15, 0.2) is 0 Å². The van der Waals surface area contributed by atoms with Crippen molar-refractivity contribution in [2.24, 2.45) is 0 Å². The molecule has 23 heteroatoms. The van der Waals surface area contributed by atoms with E-state index in [9.17, 15) is 70.3 Å². The molecule has 0 atom stereocenters. The van der Waals surface area contributed by atoms with Crippen molar-refractivity contribution in [1.29, 1.82) is 0 Å². The van der Waals surface area contributed by atoms with Crippen molar-refractivity contribution in [3.63, 3.8) is 0 Å². The van der Waals surface area contributed by atoms with Crippen LogP contribution in [0, 0.1) is 0 Å². The molecule has 34 heavy (non-hydrogen) atoms. The second-order valence-electron chi connectivity index (χ2n) is 5.82. The van der Waals surface area contributed by atoms with E-state index in [1.807, 2.05) is 0 Å². The maximum absolute atomic E-state index is 13.5. The van der Waals surface area contributed by atoms with E-state index in [4.69, 9.17) is 34.8 Å². The predicted octanol–water partition coefficient (Wildman–Crippen LogP) is 6.19. The van der Waals surface area contributed by atoms with Gasteiger partial charge in [-0.05, 0) is 0 Å². The van der Waals surface area contributed by atoms with Crippen molar-refractivity contribution in [2.75, 3.05) is 12.4 Å². The van der Waals surface area contributed by atoms with Crippen LogP contribution in [0.3, 0.4) is 0 Å². The average molecular weight is 635 g/mol. The summed E-state index contributed by atoms with van der Waals surface area (Å²) in [6.07, 6.45) is -10.3. The molecule has 0 aromatic rings. The van der Waals surface area contributed by atoms with E-state index in [0.717, 1.165) is 4.72 Å². The lowest BCUT2D eigenvalue weighted by Crippen LogP contribution is -2.70. The number of nitrogens with one attached hydrogen (secondary N) is 1. The molecule has 0 saturated heterocycles. The quantitative estimate of drug-likeness (QED) is 0.229. The summed E-state index contributed by atoms with van der Waals surface area (Å²) in [5.74, 6) is -39.6. The second kappa shape index (κ2) is 10.2. The molecule has 0 saturated carbocycles. The van der Waals surface area contributed by atoms with Gasteiger partial charge < -0.3 is 0 Å². The third kappa shape index (κ3) is 7.36. The van der Waals surface area contributed by atoms with Gasteiger partial charge in [0.25, 0.3) is 5.24 Å².